The van der Waals surface area contributed by atoms with Gasteiger partial charge in [-0.15, -0.1) is 0 Å². The van der Waals surface area contributed by atoms with Crippen molar-refractivity contribution in [1.82, 2.24) is 9.97 Å². The van der Waals surface area contributed by atoms with Gasteiger partial charge in [0.25, 0.3) is 0 Å². The average molecular weight is 284 g/mol. The van der Waals surface area contributed by atoms with Crippen molar-refractivity contribution < 1.29 is 0 Å². The van der Waals surface area contributed by atoms with Crippen LogP contribution in [-0.4, -0.2) is 9.97 Å². The molecule has 2 nitrogen and oxygen atoms in total. The fourth-order valence-corrected chi connectivity index (χ4v) is 2.87. The SMILES string of the molecule is Cc1ccc2ncc(Cc3ccc4ccncc4c3)cc2c1. The lowest BCUT2D eigenvalue weighted by Gasteiger charge is -2.06. The molecule has 0 radical (unpaired) electrons. The molecule has 4 rings (SSSR count). The summed E-state index contributed by atoms with van der Waals surface area (Å²) in [7, 11) is 0. The summed E-state index contributed by atoms with van der Waals surface area (Å²) in [5, 5.41) is 3.62. The fraction of sp³-hybridized carbons (Fsp3) is 0.100. The van der Waals surface area contributed by atoms with E-state index >= 15 is 0 Å². The van der Waals surface area contributed by atoms with Gasteiger partial charge in [0.2, 0.25) is 0 Å². The van der Waals surface area contributed by atoms with Crippen LogP contribution in [0.1, 0.15) is 16.7 Å². The molecule has 0 atom stereocenters. The van der Waals surface area contributed by atoms with Crippen LogP contribution in [0, 0.1) is 6.92 Å². The zero-order chi connectivity index (χ0) is 14.9. The predicted octanol–water partition coefficient (Wildman–Crippen LogP) is 4.68. The highest BCUT2D eigenvalue weighted by atomic mass is 14.6. The number of pyridine rings is 2. The molecule has 0 fully saturated rings. The smallest absolute Gasteiger partial charge is 0.0702 e. The van der Waals surface area contributed by atoms with E-state index in [4.69, 9.17) is 0 Å². The van der Waals surface area contributed by atoms with Crippen LogP contribution in [0.25, 0.3) is 21.7 Å². The lowest BCUT2D eigenvalue weighted by atomic mass is 10.0. The summed E-state index contributed by atoms with van der Waals surface area (Å²) in [6.45, 7) is 2.11. The Morgan fingerprint density at radius 3 is 2.64 bits per heavy atom. The van der Waals surface area contributed by atoms with Crippen LogP contribution in [0.4, 0.5) is 0 Å². The second-order valence-electron chi connectivity index (χ2n) is 5.77. The van der Waals surface area contributed by atoms with Crippen molar-refractivity contribution >= 4 is 21.7 Å². The van der Waals surface area contributed by atoms with E-state index in [-0.39, 0.29) is 0 Å². The summed E-state index contributed by atoms with van der Waals surface area (Å²) in [6, 6.07) is 17.2. The summed E-state index contributed by atoms with van der Waals surface area (Å²) < 4.78 is 0. The van der Waals surface area contributed by atoms with E-state index in [2.05, 4.69) is 59.4 Å². The minimum Gasteiger partial charge on any atom is -0.264 e. The van der Waals surface area contributed by atoms with Gasteiger partial charge in [-0.1, -0.05) is 23.8 Å². The maximum Gasteiger partial charge on any atom is 0.0702 e. The first-order valence-electron chi connectivity index (χ1n) is 7.46. The van der Waals surface area contributed by atoms with Crippen molar-refractivity contribution in [2.45, 2.75) is 13.3 Å². The normalized spacial score (nSPS) is 11.1. The molecule has 2 aromatic carbocycles. The van der Waals surface area contributed by atoms with Crippen LogP contribution >= 0.6 is 0 Å². The first kappa shape index (κ1) is 13.0. The molecule has 4 aromatic rings. The first-order chi connectivity index (χ1) is 10.8. The number of aromatic nitrogens is 2. The van der Waals surface area contributed by atoms with Crippen molar-refractivity contribution in [3.63, 3.8) is 0 Å². The van der Waals surface area contributed by atoms with E-state index in [0.717, 1.165) is 11.9 Å². The Hall–Kier alpha value is -2.74. The van der Waals surface area contributed by atoms with Crippen molar-refractivity contribution in [2.75, 3.05) is 0 Å². The van der Waals surface area contributed by atoms with Crippen LogP contribution in [0.2, 0.25) is 0 Å². The van der Waals surface area contributed by atoms with Gasteiger partial charge in [-0.25, -0.2) is 0 Å². The second kappa shape index (κ2) is 5.23. The maximum absolute atomic E-state index is 4.57. The Kier molecular flexibility index (Phi) is 3.08. The van der Waals surface area contributed by atoms with Gasteiger partial charge in [-0.2, -0.15) is 0 Å². The van der Waals surface area contributed by atoms with E-state index in [9.17, 15) is 0 Å². The van der Waals surface area contributed by atoms with Gasteiger partial charge in [0.1, 0.15) is 0 Å². The molecule has 0 N–H and O–H groups in total. The molecule has 0 aliphatic carbocycles. The zero-order valence-corrected chi connectivity index (χ0v) is 12.5. The van der Waals surface area contributed by atoms with E-state index in [1.165, 1.54) is 32.8 Å². The molecule has 22 heavy (non-hydrogen) atoms. The molecule has 0 saturated heterocycles. The first-order valence-corrected chi connectivity index (χ1v) is 7.46. The van der Waals surface area contributed by atoms with Crippen molar-refractivity contribution in [3.05, 3.63) is 83.8 Å². The van der Waals surface area contributed by atoms with Crippen LogP contribution in [-0.2, 0) is 6.42 Å². The lowest BCUT2D eigenvalue weighted by molar-refractivity contribution is 1.17. The Bertz CT molecular complexity index is 973. The molecule has 2 heteroatoms. The van der Waals surface area contributed by atoms with Gasteiger partial charge < -0.3 is 0 Å². The number of hydrogen-bond donors (Lipinski definition) is 0. The molecule has 0 bridgehead atoms. The highest BCUT2D eigenvalue weighted by molar-refractivity contribution is 5.82. The predicted molar refractivity (Wildman–Crippen MR) is 91.0 cm³/mol. The second-order valence-corrected chi connectivity index (χ2v) is 5.77. The molecule has 0 amide bonds. The molecule has 0 spiro atoms. The molecule has 0 unspecified atom stereocenters. The van der Waals surface area contributed by atoms with Gasteiger partial charge in [0.15, 0.2) is 0 Å². The number of rotatable bonds is 2. The summed E-state index contributed by atoms with van der Waals surface area (Å²) in [4.78, 5) is 8.77. The van der Waals surface area contributed by atoms with E-state index < -0.39 is 0 Å². The van der Waals surface area contributed by atoms with Gasteiger partial charge in [0.05, 0.1) is 5.52 Å². The highest BCUT2D eigenvalue weighted by Gasteiger charge is 2.02. The number of fused-ring (bicyclic) bond motifs is 2. The molecule has 106 valence electrons. The minimum atomic E-state index is 0.891. The quantitative estimate of drug-likeness (QED) is 0.534. The van der Waals surface area contributed by atoms with Crippen LogP contribution in [0.15, 0.2) is 67.1 Å². The molecule has 0 saturated carbocycles. The summed E-state index contributed by atoms with van der Waals surface area (Å²) in [5.41, 5.74) is 4.84. The Labute approximate surface area is 129 Å². The fourth-order valence-electron chi connectivity index (χ4n) is 2.87. The van der Waals surface area contributed by atoms with Gasteiger partial charge in [-0.3, -0.25) is 9.97 Å². The van der Waals surface area contributed by atoms with Gasteiger partial charge >= 0.3 is 0 Å². The number of aryl methyl sites for hydroxylation is 1. The highest BCUT2D eigenvalue weighted by Crippen LogP contribution is 2.20. The third-order valence-electron chi connectivity index (χ3n) is 4.01. The van der Waals surface area contributed by atoms with E-state index in [0.29, 0.717) is 0 Å². The van der Waals surface area contributed by atoms with Crippen LogP contribution < -0.4 is 0 Å². The zero-order valence-electron chi connectivity index (χ0n) is 12.5. The van der Waals surface area contributed by atoms with Gasteiger partial charge in [0, 0.05) is 29.4 Å². The van der Waals surface area contributed by atoms with Crippen LogP contribution in [0.3, 0.4) is 0 Å². The summed E-state index contributed by atoms with van der Waals surface area (Å²) >= 11 is 0. The largest absolute Gasteiger partial charge is 0.264 e. The Morgan fingerprint density at radius 1 is 0.773 bits per heavy atom. The Balaban J connectivity index is 1.72. The standard InChI is InChI=1S/C20H16N2/c1-14-2-5-20-18(8-14)11-16(12-22-20)9-15-3-4-17-6-7-21-13-19(17)10-15/h2-8,10-13H,9H2,1H3. The third kappa shape index (κ3) is 2.44. The molecule has 2 heterocycles. The van der Waals surface area contributed by atoms with Crippen molar-refractivity contribution in [2.24, 2.45) is 0 Å². The van der Waals surface area contributed by atoms with Crippen molar-refractivity contribution in [1.29, 1.82) is 0 Å². The third-order valence-corrected chi connectivity index (χ3v) is 4.01. The van der Waals surface area contributed by atoms with E-state index in [1.54, 1.807) is 0 Å². The summed E-state index contributed by atoms with van der Waals surface area (Å²) in [6.07, 6.45) is 6.62. The average Bonchev–Trinajstić information content (AvgIpc) is 2.54. The molecular formula is C20H16N2. The van der Waals surface area contributed by atoms with Crippen LogP contribution in [0.5, 0.6) is 0 Å². The maximum atomic E-state index is 4.57. The lowest BCUT2D eigenvalue weighted by Crippen LogP contribution is -1.91. The van der Waals surface area contributed by atoms with E-state index in [1.807, 2.05) is 24.7 Å². The minimum absolute atomic E-state index is 0.891. The number of hydrogen-bond acceptors (Lipinski definition) is 2. The Morgan fingerprint density at radius 2 is 1.68 bits per heavy atom. The molecule has 0 aliphatic rings. The molecule has 2 aromatic heterocycles. The summed E-state index contributed by atoms with van der Waals surface area (Å²) in [5.74, 6) is 0. The van der Waals surface area contributed by atoms with Gasteiger partial charge in [-0.05, 0) is 60.2 Å². The van der Waals surface area contributed by atoms with Crippen molar-refractivity contribution in [3.8, 4) is 0 Å². The molecule has 0 aliphatic heterocycles. The topological polar surface area (TPSA) is 25.8 Å². The number of benzene rings is 2. The number of nitrogens with zero attached hydrogens (tertiary/aromatic N) is 2. The monoisotopic (exact) mass is 284 g/mol. The molecular weight excluding hydrogens is 268 g/mol.